The molecule has 0 aliphatic carbocycles. The summed E-state index contributed by atoms with van der Waals surface area (Å²) in [4.78, 5) is 0. The van der Waals surface area contributed by atoms with Crippen LogP contribution in [0.5, 0.6) is 0 Å². The zero-order valence-corrected chi connectivity index (χ0v) is 10.2. The highest BCUT2D eigenvalue weighted by Crippen LogP contribution is 2.19. The first-order valence-electron chi connectivity index (χ1n) is 5.17. The predicted octanol–water partition coefficient (Wildman–Crippen LogP) is 0.667. The van der Waals surface area contributed by atoms with Crippen LogP contribution in [0.2, 0.25) is 0 Å². The number of aliphatic hydroxyl groups excluding tert-OH is 2. The SMILES string of the molecule is COCC(C)(C)COCC(C)(CO)CO. The van der Waals surface area contributed by atoms with Crippen LogP contribution in [0.15, 0.2) is 0 Å². The Morgan fingerprint density at radius 2 is 1.47 bits per heavy atom. The van der Waals surface area contributed by atoms with Gasteiger partial charge in [0.2, 0.25) is 0 Å². The van der Waals surface area contributed by atoms with Crippen LogP contribution >= 0.6 is 0 Å². The van der Waals surface area contributed by atoms with Crippen LogP contribution in [0.4, 0.5) is 0 Å². The Labute approximate surface area is 92.2 Å². The van der Waals surface area contributed by atoms with Crippen molar-refractivity contribution in [3.05, 3.63) is 0 Å². The van der Waals surface area contributed by atoms with Gasteiger partial charge >= 0.3 is 0 Å². The van der Waals surface area contributed by atoms with Gasteiger partial charge in [-0.1, -0.05) is 20.8 Å². The second-order valence-corrected chi connectivity index (χ2v) is 5.22. The minimum Gasteiger partial charge on any atom is -0.396 e. The smallest absolute Gasteiger partial charge is 0.0564 e. The fraction of sp³-hybridized carbons (Fsp3) is 1.00. The van der Waals surface area contributed by atoms with Crippen LogP contribution in [0.3, 0.4) is 0 Å². The fourth-order valence-corrected chi connectivity index (χ4v) is 1.15. The molecule has 0 unspecified atom stereocenters. The first-order chi connectivity index (χ1) is 6.89. The molecule has 0 saturated carbocycles. The second-order valence-electron chi connectivity index (χ2n) is 5.22. The van der Waals surface area contributed by atoms with Crippen LogP contribution in [-0.2, 0) is 9.47 Å². The van der Waals surface area contributed by atoms with Gasteiger partial charge in [0.05, 0.1) is 33.0 Å². The maximum atomic E-state index is 9.05. The molecule has 2 N–H and O–H groups in total. The van der Waals surface area contributed by atoms with Crippen LogP contribution in [-0.4, -0.2) is 50.4 Å². The number of rotatable bonds is 8. The average molecular weight is 220 g/mol. The molecule has 15 heavy (non-hydrogen) atoms. The van der Waals surface area contributed by atoms with Gasteiger partial charge in [-0.25, -0.2) is 0 Å². The van der Waals surface area contributed by atoms with Crippen molar-refractivity contribution in [3.63, 3.8) is 0 Å². The van der Waals surface area contributed by atoms with E-state index in [9.17, 15) is 0 Å². The summed E-state index contributed by atoms with van der Waals surface area (Å²) < 4.78 is 10.6. The van der Waals surface area contributed by atoms with Gasteiger partial charge in [-0.3, -0.25) is 0 Å². The van der Waals surface area contributed by atoms with Crippen LogP contribution in [0, 0.1) is 10.8 Å². The minimum absolute atomic E-state index is 0.0411. The van der Waals surface area contributed by atoms with E-state index < -0.39 is 5.41 Å². The molecular formula is C11H24O4. The molecule has 4 nitrogen and oxygen atoms in total. The molecule has 0 bridgehead atoms. The first kappa shape index (κ1) is 14.8. The topological polar surface area (TPSA) is 58.9 Å². The Morgan fingerprint density at radius 3 is 1.87 bits per heavy atom. The van der Waals surface area contributed by atoms with Gasteiger partial charge in [-0.05, 0) is 0 Å². The Balaban J connectivity index is 3.87. The van der Waals surface area contributed by atoms with E-state index in [1.807, 2.05) is 13.8 Å². The van der Waals surface area contributed by atoms with Crippen molar-refractivity contribution in [1.82, 2.24) is 0 Å². The van der Waals surface area contributed by atoms with E-state index in [1.165, 1.54) is 0 Å². The van der Waals surface area contributed by atoms with Crippen LogP contribution < -0.4 is 0 Å². The molecule has 0 aromatic heterocycles. The Bertz CT molecular complexity index is 164. The summed E-state index contributed by atoms with van der Waals surface area (Å²) in [5, 5.41) is 18.1. The third kappa shape index (κ3) is 6.10. The highest BCUT2D eigenvalue weighted by molar-refractivity contribution is 4.73. The van der Waals surface area contributed by atoms with Gasteiger partial charge in [0.1, 0.15) is 0 Å². The number of methoxy groups -OCH3 is 1. The predicted molar refractivity (Wildman–Crippen MR) is 58.8 cm³/mol. The van der Waals surface area contributed by atoms with E-state index in [-0.39, 0.29) is 18.6 Å². The zero-order valence-electron chi connectivity index (χ0n) is 10.2. The standard InChI is InChI=1S/C11H24O4/c1-10(2,7-14-4)8-15-9-11(3,5-12)6-13/h12-13H,5-9H2,1-4H3. The largest absolute Gasteiger partial charge is 0.396 e. The van der Waals surface area contributed by atoms with Crippen molar-refractivity contribution in [2.75, 3.05) is 40.1 Å². The molecule has 0 aliphatic heterocycles. The van der Waals surface area contributed by atoms with Crippen LogP contribution in [0.1, 0.15) is 20.8 Å². The summed E-state index contributed by atoms with van der Waals surface area (Å²) in [7, 11) is 1.66. The zero-order chi connectivity index (χ0) is 11.9. The summed E-state index contributed by atoms with van der Waals surface area (Å²) >= 11 is 0. The fourth-order valence-electron chi connectivity index (χ4n) is 1.15. The van der Waals surface area contributed by atoms with Crippen LogP contribution in [0.25, 0.3) is 0 Å². The van der Waals surface area contributed by atoms with E-state index in [0.717, 1.165) is 0 Å². The summed E-state index contributed by atoms with van der Waals surface area (Å²) in [6.45, 7) is 7.27. The Kier molecular flexibility index (Phi) is 6.36. The minimum atomic E-state index is -0.552. The normalized spacial score (nSPS) is 13.2. The molecule has 0 rings (SSSR count). The van der Waals surface area contributed by atoms with Gasteiger partial charge in [0.25, 0.3) is 0 Å². The second kappa shape index (κ2) is 6.43. The molecule has 0 aliphatic rings. The average Bonchev–Trinajstić information content (AvgIpc) is 2.17. The van der Waals surface area contributed by atoms with Gasteiger partial charge < -0.3 is 19.7 Å². The molecule has 0 aromatic rings. The third-order valence-electron chi connectivity index (χ3n) is 2.24. The van der Waals surface area contributed by atoms with Crippen molar-refractivity contribution in [2.45, 2.75) is 20.8 Å². The van der Waals surface area contributed by atoms with Gasteiger partial charge in [0, 0.05) is 17.9 Å². The van der Waals surface area contributed by atoms with Crippen molar-refractivity contribution in [3.8, 4) is 0 Å². The van der Waals surface area contributed by atoms with E-state index in [1.54, 1.807) is 14.0 Å². The van der Waals surface area contributed by atoms with Crippen molar-refractivity contribution >= 4 is 0 Å². The molecule has 92 valence electrons. The molecule has 0 atom stereocenters. The number of hydrogen-bond acceptors (Lipinski definition) is 4. The summed E-state index contributed by atoms with van der Waals surface area (Å²) in [6, 6.07) is 0. The lowest BCUT2D eigenvalue weighted by molar-refractivity contribution is -0.0505. The molecule has 0 saturated heterocycles. The monoisotopic (exact) mass is 220 g/mol. The molecular weight excluding hydrogens is 196 g/mol. The molecule has 0 amide bonds. The number of hydrogen-bond donors (Lipinski definition) is 2. The van der Waals surface area contributed by atoms with Gasteiger partial charge in [0.15, 0.2) is 0 Å². The van der Waals surface area contributed by atoms with Crippen molar-refractivity contribution in [1.29, 1.82) is 0 Å². The first-order valence-corrected chi connectivity index (χ1v) is 5.17. The van der Waals surface area contributed by atoms with Gasteiger partial charge in [-0.2, -0.15) is 0 Å². The highest BCUT2D eigenvalue weighted by atomic mass is 16.5. The summed E-state index contributed by atoms with van der Waals surface area (Å²) in [5.74, 6) is 0. The van der Waals surface area contributed by atoms with E-state index in [2.05, 4.69) is 0 Å². The molecule has 0 heterocycles. The maximum absolute atomic E-state index is 9.05. The molecule has 0 aromatic carbocycles. The number of aliphatic hydroxyl groups is 2. The molecule has 0 spiro atoms. The molecule has 0 fully saturated rings. The Morgan fingerprint density at radius 1 is 0.933 bits per heavy atom. The third-order valence-corrected chi connectivity index (χ3v) is 2.24. The lowest BCUT2D eigenvalue weighted by Crippen LogP contribution is -2.34. The molecule has 4 heteroatoms. The summed E-state index contributed by atoms with van der Waals surface area (Å²) in [5.41, 5.74) is -0.594. The maximum Gasteiger partial charge on any atom is 0.0564 e. The highest BCUT2D eigenvalue weighted by Gasteiger charge is 2.25. The Hall–Kier alpha value is -0.160. The number of ether oxygens (including phenoxy) is 2. The van der Waals surface area contributed by atoms with E-state index in [4.69, 9.17) is 19.7 Å². The lowest BCUT2D eigenvalue weighted by atomic mass is 9.93. The van der Waals surface area contributed by atoms with E-state index >= 15 is 0 Å². The summed E-state index contributed by atoms with van der Waals surface area (Å²) in [6.07, 6.45) is 0. The molecule has 0 radical (unpaired) electrons. The quantitative estimate of drug-likeness (QED) is 0.631. The lowest BCUT2D eigenvalue weighted by Gasteiger charge is -2.28. The van der Waals surface area contributed by atoms with Crippen molar-refractivity contribution in [2.24, 2.45) is 10.8 Å². The van der Waals surface area contributed by atoms with E-state index in [0.29, 0.717) is 19.8 Å². The van der Waals surface area contributed by atoms with Crippen molar-refractivity contribution < 1.29 is 19.7 Å². The van der Waals surface area contributed by atoms with Gasteiger partial charge in [-0.15, -0.1) is 0 Å².